The van der Waals surface area contributed by atoms with Gasteiger partial charge in [-0.05, 0) is 30.4 Å². The van der Waals surface area contributed by atoms with Gasteiger partial charge in [0.25, 0.3) is 0 Å². The molecule has 0 unspecified atom stereocenters. The number of nitrogens with one attached hydrogen (secondary N) is 1. The third-order valence-corrected chi connectivity index (χ3v) is 3.04. The van der Waals surface area contributed by atoms with Crippen molar-refractivity contribution < 1.29 is 0 Å². The number of aromatic nitrogens is 2. The highest BCUT2D eigenvalue weighted by Gasteiger charge is 2.23. The largest absolute Gasteiger partial charge is 0.307 e. The van der Waals surface area contributed by atoms with Gasteiger partial charge in [0.05, 0.1) is 0 Å². The summed E-state index contributed by atoms with van der Waals surface area (Å²) in [5.41, 5.74) is 5.84. The Balaban J connectivity index is 2.04. The summed E-state index contributed by atoms with van der Waals surface area (Å²) >= 11 is 0. The molecule has 1 heterocycles. The standard InChI is InChI=1S/C13H14N4/c14-17-13-12(15-6-7-16-13)11-3-1-2-10(8-11)9-4-5-9/h1-3,6-9H,4-5,14H2,(H,16,17). The van der Waals surface area contributed by atoms with E-state index >= 15 is 0 Å². The number of benzene rings is 1. The predicted octanol–water partition coefficient (Wildman–Crippen LogP) is 2.31. The Labute approximate surface area is 99.9 Å². The van der Waals surface area contributed by atoms with Gasteiger partial charge >= 0.3 is 0 Å². The molecule has 0 aliphatic heterocycles. The molecule has 17 heavy (non-hydrogen) atoms. The second-order valence-corrected chi connectivity index (χ2v) is 4.30. The zero-order chi connectivity index (χ0) is 11.7. The van der Waals surface area contributed by atoms with Crippen molar-refractivity contribution >= 4 is 5.82 Å². The van der Waals surface area contributed by atoms with E-state index in [9.17, 15) is 0 Å². The first-order valence-electron chi connectivity index (χ1n) is 5.76. The molecule has 3 N–H and O–H groups in total. The molecule has 0 atom stereocenters. The van der Waals surface area contributed by atoms with Crippen molar-refractivity contribution in [2.75, 3.05) is 5.43 Å². The van der Waals surface area contributed by atoms with Gasteiger partial charge in [-0.2, -0.15) is 0 Å². The third kappa shape index (κ3) is 1.99. The molecule has 0 radical (unpaired) electrons. The van der Waals surface area contributed by atoms with Gasteiger partial charge in [0.15, 0.2) is 5.82 Å². The summed E-state index contributed by atoms with van der Waals surface area (Å²) in [6, 6.07) is 8.46. The van der Waals surface area contributed by atoms with E-state index in [2.05, 4.69) is 33.6 Å². The van der Waals surface area contributed by atoms with Crippen molar-refractivity contribution in [2.24, 2.45) is 5.84 Å². The fraction of sp³-hybridized carbons (Fsp3) is 0.231. The van der Waals surface area contributed by atoms with E-state index < -0.39 is 0 Å². The van der Waals surface area contributed by atoms with Gasteiger partial charge < -0.3 is 5.43 Å². The molecule has 1 aliphatic rings. The predicted molar refractivity (Wildman–Crippen MR) is 67.3 cm³/mol. The minimum atomic E-state index is 0.612. The lowest BCUT2D eigenvalue weighted by atomic mass is 10.0. The van der Waals surface area contributed by atoms with Crippen LogP contribution in [0.1, 0.15) is 24.3 Å². The number of anilines is 1. The Morgan fingerprint density at radius 3 is 2.76 bits per heavy atom. The summed E-state index contributed by atoms with van der Waals surface area (Å²) in [4.78, 5) is 8.50. The zero-order valence-corrected chi connectivity index (χ0v) is 9.43. The highest BCUT2D eigenvalue weighted by atomic mass is 15.3. The Hall–Kier alpha value is -1.94. The fourth-order valence-electron chi connectivity index (χ4n) is 2.01. The van der Waals surface area contributed by atoms with Gasteiger partial charge in [0, 0.05) is 18.0 Å². The number of nitrogens with zero attached hydrogens (tertiary/aromatic N) is 2. The Morgan fingerprint density at radius 2 is 2.00 bits per heavy atom. The molecule has 0 spiro atoms. The summed E-state index contributed by atoms with van der Waals surface area (Å²) in [6.07, 6.45) is 5.90. The summed E-state index contributed by atoms with van der Waals surface area (Å²) in [6.45, 7) is 0. The van der Waals surface area contributed by atoms with Crippen LogP contribution in [0.3, 0.4) is 0 Å². The van der Waals surface area contributed by atoms with Crippen LogP contribution < -0.4 is 11.3 Å². The van der Waals surface area contributed by atoms with E-state index in [1.165, 1.54) is 18.4 Å². The van der Waals surface area contributed by atoms with Crippen LogP contribution in [0.4, 0.5) is 5.82 Å². The molecule has 2 aromatic rings. The molecule has 1 aromatic heterocycles. The Kier molecular flexibility index (Phi) is 2.49. The lowest BCUT2D eigenvalue weighted by Gasteiger charge is -2.07. The maximum Gasteiger partial charge on any atom is 0.166 e. The summed E-state index contributed by atoms with van der Waals surface area (Å²) in [5, 5.41) is 0. The highest BCUT2D eigenvalue weighted by molar-refractivity contribution is 5.71. The Bertz CT molecular complexity index is 534. The topological polar surface area (TPSA) is 63.8 Å². The number of hydrogen-bond acceptors (Lipinski definition) is 4. The molecule has 1 fully saturated rings. The number of hydrogen-bond donors (Lipinski definition) is 2. The van der Waals surface area contributed by atoms with Gasteiger partial charge in [-0.1, -0.05) is 18.2 Å². The molecule has 0 amide bonds. The van der Waals surface area contributed by atoms with Gasteiger partial charge in [0.2, 0.25) is 0 Å². The van der Waals surface area contributed by atoms with Crippen LogP contribution in [0.15, 0.2) is 36.7 Å². The first-order valence-corrected chi connectivity index (χ1v) is 5.76. The van der Waals surface area contributed by atoms with Gasteiger partial charge in [-0.15, -0.1) is 0 Å². The average molecular weight is 226 g/mol. The molecule has 4 heteroatoms. The Morgan fingerprint density at radius 1 is 1.18 bits per heavy atom. The molecule has 1 aliphatic carbocycles. The lowest BCUT2D eigenvalue weighted by molar-refractivity contribution is 1.12. The molecule has 3 rings (SSSR count). The fourth-order valence-corrected chi connectivity index (χ4v) is 2.01. The number of nitrogen functional groups attached to an aromatic ring is 1. The van der Waals surface area contributed by atoms with Crippen LogP contribution in [0.2, 0.25) is 0 Å². The average Bonchev–Trinajstić information content (AvgIpc) is 3.23. The van der Waals surface area contributed by atoms with E-state index in [0.29, 0.717) is 5.82 Å². The number of nitrogens with two attached hydrogens (primary N) is 1. The maximum atomic E-state index is 5.45. The van der Waals surface area contributed by atoms with Crippen molar-refractivity contribution in [3.63, 3.8) is 0 Å². The van der Waals surface area contributed by atoms with Crippen LogP contribution in [-0.2, 0) is 0 Å². The van der Waals surface area contributed by atoms with Crippen LogP contribution >= 0.6 is 0 Å². The third-order valence-electron chi connectivity index (χ3n) is 3.04. The lowest BCUT2D eigenvalue weighted by Crippen LogP contribution is -2.10. The van der Waals surface area contributed by atoms with E-state index in [0.717, 1.165) is 17.2 Å². The molecular formula is C13H14N4. The maximum absolute atomic E-state index is 5.45. The van der Waals surface area contributed by atoms with Crippen LogP contribution in [0, 0.1) is 0 Å². The van der Waals surface area contributed by atoms with Gasteiger partial charge in [-0.3, -0.25) is 4.98 Å². The first kappa shape index (κ1) is 10.2. The van der Waals surface area contributed by atoms with Crippen LogP contribution in [-0.4, -0.2) is 9.97 Å². The summed E-state index contributed by atoms with van der Waals surface area (Å²) in [7, 11) is 0. The van der Waals surface area contributed by atoms with E-state index in [4.69, 9.17) is 5.84 Å². The van der Waals surface area contributed by atoms with Gasteiger partial charge in [0.1, 0.15) is 5.69 Å². The second-order valence-electron chi connectivity index (χ2n) is 4.30. The molecular weight excluding hydrogens is 212 g/mol. The van der Waals surface area contributed by atoms with Crippen LogP contribution in [0.25, 0.3) is 11.3 Å². The van der Waals surface area contributed by atoms with E-state index in [1.807, 2.05) is 6.07 Å². The SMILES string of the molecule is NNc1nccnc1-c1cccc(C2CC2)c1. The van der Waals surface area contributed by atoms with Crippen molar-refractivity contribution in [3.8, 4) is 11.3 Å². The minimum absolute atomic E-state index is 0.612. The number of hydrazine groups is 1. The molecule has 0 saturated heterocycles. The molecule has 1 saturated carbocycles. The summed E-state index contributed by atoms with van der Waals surface area (Å²) < 4.78 is 0. The molecule has 4 nitrogen and oxygen atoms in total. The first-order chi connectivity index (χ1) is 8.38. The molecule has 86 valence electrons. The van der Waals surface area contributed by atoms with Crippen molar-refractivity contribution in [1.29, 1.82) is 0 Å². The molecule has 1 aromatic carbocycles. The normalized spacial score (nSPS) is 14.6. The smallest absolute Gasteiger partial charge is 0.166 e. The van der Waals surface area contributed by atoms with E-state index in [1.54, 1.807) is 12.4 Å². The zero-order valence-electron chi connectivity index (χ0n) is 9.43. The summed E-state index contributed by atoms with van der Waals surface area (Å²) in [5.74, 6) is 6.79. The van der Waals surface area contributed by atoms with E-state index in [-0.39, 0.29) is 0 Å². The molecule has 0 bridgehead atoms. The van der Waals surface area contributed by atoms with Crippen molar-refractivity contribution in [3.05, 3.63) is 42.2 Å². The minimum Gasteiger partial charge on any atom is -0.307 e. The van der Waals surface area contributed by atoms with Crippen molar-refractivity contribution in [2.45, 2.75) is 18.8 Å². The highest BCUT2D eigenvalue weighted by Crippen LogP contribution is 2.41. The van der Waals surface area contributed by atoms with Gasteiger partial charge in [-0.25, -0.2) is 10.8 Å². The monoisotopic (exact) mass is 226 g/mol. The quantitative estimate of drug-likeness (QED) is 0.622. The number of rotatable bonds is 3. The van der Waals surface area contributed by atoms with Crippen molar-refractivity contribution in [1.82, 2.24) is 9.97 Å². The van der Waals surface area contributed by atoms with Crippen LogP contribution in [0.5, 0.6) is 0 Å². The second kappa shape index (κ2) is 4.14.